The van der Waals surface area contributed by atoms with Crippen molar-refractivity contribution < 1.29 is 19.5 Å². The lowest BCUT2D eigenvalue weighted by molar-refractivity contribution is -0.676. The first-order valence-corrected chi connectivity index (χ1v) is 9.10. The maximum Gasteiger partial charge on any atom is 0.161 e. The van der Waals surface area contributed by atoms with Crippen LogP contribution in [0.1, 0.15) is 24.0 Å². The van der Waals surface area contributed by atoms with Crippen molar-refractivity contribution in [1.82, 2.24) is 0 Å². The molecule has 0 aromatic heterocycles. The first-order valence-electron chi connectivity index (χ1n) is 8.72. The minimum Gasteiger partial charge on any atom is -0.493 e. The molecule has 2 aromatic carbocycles. The monoisotopic (exact) mass is 362 g/mol. The number of quaternary nitrogens is 1. The average Bonchev–Trinajstić information content (AvgIpc) is 3.15. The van der Waals surface area contributed by atoms with Crippen molar-refractivity contribution in [2.75, 3.05) is 20.3 Å². The molecule has 25 heavy (non-hydrogen) atoms. The third-order valence-electron chi connectivity index (χ3n) is 4.37. The van der Waals surface area contributed by atoms with Crippen LogP contribution in [-0.4, -0.2) is 26.4 Å². The highest BCUT2D eigenvalue weighted by molar-refractivity contribution is 6.30. The quantitative estimate of drug-likeness (QED) is 0.784. The van der Waals surface area contributed by atoms with Gasteiger partial charge in [-0.15, -0.1) is 0 Å². The first kappa shape index (κ1) is 18.1. The topological polar surface area (TPSA) is 44.3 Å². The third-order valence-corrected chi connectivity index (χ3v) is 4.62. The highest BCUT2D eigenvalue weighted by atomic mass is 35.5. The standard InChI is InChI=1S/C20H24ClNO3/c1-23-20-11-16(12-22-13-18-3-2-10-24-18)6-9-19(20)25-14-15-4-7-17(21)8-5-15/h4-9,11,18,22H,2-3,10,12-14H2,1H3/p+1/t18-/m0/s1. The fraction of sp³-hybridized carbons (Fsp3) is 0.400. The average molecular weight is 363 g/mol. The SMILES string of the molecule is COc1cc(C[NH2+]C[C@@H]2CCCO2)ccc1OCc1ccc(Cl)cc1. The summed E-state index contributed by atoms with van der Waals surface area (Å²) in [6, 6.07) is 13.8. The zero-order valence-corrected chi connectivity index (χ0v) is 15.3. The van der Waals surface area contributed by atoms with Crippen molar-refractivity contribution in [3.05, 3.63) is 58.6 Å². The molecule has 1 heterocycles. The summed E-state index contributed by atoms with van der Waals surface area (Å²) in [6.07, 6.45) is 2.77. The molecular formula is C20H25ClNO3+. The Bertz CT molecular complexity index is 669. The van der Waals surface area contributed by atoms with E-state index >= 15 is 0 Å². The van der Waals surface area contributed by atoms with E-state index in [0.29, 0.717) is 12.7 Å². The number of ether oxygens (including phenoxy) is 3. The largest absolute Gasteiger partial charge is 0.493 e. The third kappa shape index (κ3) is 5.36. The Morgan fingerprint density at radius 3 is 2.64 bits per heavy atom. The van der Waals surface area contributed by atoms with Crippen molar-refractivity contribution in [2.24, 2.45) is 0 Å². The van der Waals surface area contributed by atoms with E-state index in [1.807, 2.05) is 36.4 Å². The number of methoxy groups -OCH3 is 1. The van der Waals surface area contributed by atoms with E-state index in [-0.39, 0.29) is 0 Å². The predicted octanol–water partition coefficient (Wildman–Crippen LogP) is 3.17. The van der Waals surface area contributed by atoms with Crippen molar-refractivity contribution in [3.8, 4) is 11.5 Å². The molecule has 1 aliphatic rings. The van der Waals surface area contributed by atoms with Gasteiger partial charge in [-0.2, -0.15) is 0 Å². The van der Waals surface area contributed by atoms with Gasteiger partial charge in [0, 0.05) is 17.2 Å². The highest BCUT2D eigenvalue weighted by Gasteiger charge is 2.17. The minimum atomic E-state index is 0.406. The summed E-state index contributed by atoms with van der Waals surface area (Å²) in [5.74, 6) is 1.51. The Balaban J connectivity index is 1.54. The number of rotatable bonds is 8. The molecule has 3 rings (SSSR count). The van der Waals surface area contributed by atoms with E-state index in [1.165, 1.54) is 18.4 Å². The molecule has 1 aliphatic heterocycles. The molecule has 0 amide bonds. The second kappa shape index (κ2) is 9.09. The molecule has 0 saturated carbocycles. The Hall–Kier alpha value is -1.75. The molecule has 4 nitrogen and oxygen atoms in total. The molecule has 1 saturated heterocycles. The summed E-state index contributed by atoms with van der Waals surface area (Å²) in [5, 5.41) is 3.02. The summed E-state index contributed by atoms with van der Waals surface area (Å²) in [5.41, 5.74) is 2.29. The number of nitrogens with two attached hydrogens (primary N) is 1. The molecular weight excluding hydrogens is 338 g/mol. The van der Waals surface area contributed by atoms with Gasteiger partial charge in [-0.05, 0) is 48.7 Å². The van der Waals surface area contributed by atoms with E-state index in [0.717, 1.165) is 41.8 Å². The normalized spacial score (nSPS) is 16.8. The second-order valence-electron chi connectivity index (χ2n) is 6.26. The number of halogens is 1. The molecule has 0 spiro atoms. The molecule has 0 aliphatic carbocycles. The summed E-state index contributed by atoms with van der Waals surface area (Å²) < 4.78 is 17.0. The van der Waals surface area contributed by atoms with Crippen LogP contribution in [0.15, 0.2) is 42.5 Å². The van der Waals surface area contributed by atoms with Gasteiger partial charge < -0.3 is 19.5 Å². The van der Waals surface area contributed by atoms with Crippen LogP contribution < -0.4 is 14.8 Å². The zero-order chi connectivity index (χ0) is 17.5. The Morgan fingerprint density at radius 2 is 1.92 bits per heavy atom. The second-order valence-corrected chi connectivity index (χ2v) is 6.70. The van der Waals surface area contributed by atoms with Gasteiger partial charge in [0.1, 0.15) is 25.8 Å². The molecule has 0 unspecified atom stereocenters. The van der Waals surface area contributed by atoms with Crippen molar-refractivity contribution >= 4 is 11.6 Å². The summed E-state index contributed by atoms with van der Waals surface area (Å²) >= 11 is 5.91. The van der Waals surface area contributed by atoms with Crippen LogP contribution in [0.25, 0.3) is 0 Å². The van der Waals surface area contributed by atoms with Gasteiger partial charge in [0.2, 0.25) is 0 Å². The maximum atomic E-state index is 5.91. The lowest BCUT2D eigenvalue weighted by Gasteiger charge is -2.13. The van der Waals surface area contributed by atoms with Crippen LogP contribution in [0.5, 0.6) is 11.5 Å². The van der Waals surface area contributed by atoms with E-state index in [2.05, 4.69) is 11.4 Å². The van der Waals surface area contributed by atoms with E-state index in [4.69, 9.17) is 25.8 Å². The van der Waals surface area contributed by atoms with E-state index in [9.17, 15) is 0 Å². The molecule has 134 valence electrons. The van der Waals surface area contributed by atoms with Gasteiger partial charge in [-0.3, -0.25) is 0 Å². The van der Waals surface area contributed by atoms with Gasteiger partial charge >= 0.3 is 0 Å². The van der Waals surface area contributed by atoms with Gasteiger partial charge in [0.25, 0.3) is 0 Å². The molecule has 2 N–H and O–H groups in total. The van der Waals surface area contributed by atoms with Gasteiger partial charge in [-0.25, -0.2) is 0 Å². The summed E-state index contributed by atoms with van der Waals surface area (Å²) in [7, 11) is 1.67. The minimum absolute atomic E-state index is 0.406. The Kier molecular flexibility index (Phi) is 6.56. The molecule has 1 atom stereocenters. The van der Waals surface area contributed by atoms with Crippen LogP contribution in [0.4, 0.5) is 0 Å². The van der Waals surface area contributed by atoms with Crippen molar-refractivity contribution in [3.63, 3.8) is 0 Å². The van der Waals surface area contributed by atoms with Crippen LogP contribution in [0.2, 0.25) is 5.02 Å². The van der Waals surface area contributed by atoms with Gasteiger partial charge in [0.05, 0.1) is 7.11 Å². The van der Waals surface area contributed by atoms with Crippen LogP contribution >= 0.6 is 11.6 Å². The van der Waals surface area contributed by atoms with E-state index in [1.54, 1.807) is 7.11 Å². The van der Waals surface area contributed by atoms with Gasteiger partial charge in [-0.1, -0.05) is 23.7 Å². The van der Waals surface area contributed by atoms with Crippen LogP contribution in [0.3, 0.4) is 0 Å². The smallest absolute Gasteiger partial charge is 0.161 e. The first-order chi connectivity index (χ1) is 12.2. The van der Waals surface area contributed by atoms with Crippen molar-refractivity contribution in [2.45, 2.75) is 32.1 Å². The number of hydrogen-bond donors (Lipinski definition) is 1. The molecule has 5 heteroatoms. The summed E-state index contributed by atoms with van der Waals surface area (Å²) in [4.78, 5) is 0. The molecule has 2 aromatic rings. The summed E-state index contributed by atoms with van der Waals surface area (Å²) in [6.45, 7) is 3.31. The van der Waals surface area contributed by atoms with Crippen molar-refractivity contribution in [1.29, 1.82) is 0 Å². The Morgan fingerprint density at radius 1 is 1.12 bits per heavy atom. The molecule has 0 radical (unpaired) electrons. The fourth-order valence-corrected chi connectivity index (χ4v) is 3.09. The number of benzene rings is 2. The van der Waals surface area contributed by atoms with E-state index < -0.39 is 0 Å². The fourth-order valence-electron chi connectivity index (χ4n) is 2.97. The molecule has 0 bridgehead atoms. The van der Waals surface area contributed by atoms with Crippen LogP contribution in [-0.2, 0) is 17.9 Å². The Labute approximate surface area is 154 Å². The lowest BCUT2D eigenvalue weighted by Crippen LogP contribution is -2.84. The molecule has 1 fully saturated rings. The lowest BCUT2D eigenvalue weighted by atomic mass is 10.2. The predicted molar refractivity (Wildman–Crippen MR) is 98.2 cm³/mol. The zero-order valence-electron chi connectivity index (χ0n) is 14.5. The number of hydrogen-bond acceptors (Lipinski definition) is 3. The van der Waals surface area contributed by atoms with Gasteiger partial charge in [0.15, 0.2) is 11.5 Å². The highest BCUT2D eigenvalue weighted by Crippen LogP contribution is 2.28. The maximum absolute atomic E-state index is 5.91. The van der Waals surface area contributed by atoms with Crippen LogP contribution in [0, 0.1) is 0 Å².